The summed E-state index contributed by atoms with van der Waals surface area (Å²) in [6.45, 7) is 3.27. The zero-order chi connectivity index (χ0) is 12.7. The lowest BCUT2D eigenvalue weighted by Gasteiger charge is -2.19. The number of carboxylic acid groups (broad SMARTS) is 1. The minimum Gasteiger partial charge on any atom is -0.480 e. The monoisotopic (exact) mass is 232 g/mol. The van der Waals surface area contributed by atoms with Crippen molar-refractivity contribution in [2.45, 2.75) is 51.3 Å². The Morgan fingerprint density at radius 1 is 1.44 bits per heavy atom. The van der Waals surface area contributed by atoms with E-state index in [1.165, 1.54) is 6.92 Å². The van der Waals surface area contributed by atoms with Crippen LogP contribution in [0.5, 0.6) is 0 Å². The van der Waals surface area contributed by atoms with Crippen molar-refractivity contribution in [3.63, 3.8) is 0 Å². The molecule has 0 heterocycles. The summed E-state index contributed by atoms with van der Waals surface area (Å²) in [7, 11) is 0. The summed E-state index contributed by atoms with van der Waals surface area (Å²) in [4.78, 5) is 22.2. The topological polar surface area (TPSA) is 113 Å². The second-order valence-electron chi connectivity index (χ2n) is 3.81. The maximum absolute atomic E-state index is 11.5. The molecular formula is C10H20N2O4. The number of carbonyl (C=O) groups excluding carboxylic acids is 1. The van der Waals surface area contributed by atoms with Crippen LogP contribution in [0.4, 0.5) is 0 Å². The highest BCUT2D eigenvalue weighted by Crippen LogP contribution is 2.00. The molecule has 94 valence electrons. The van der Waals surface area contributed by atoms with Crippen molar-refractivity contribution < 1.29 is 19.8 Å². The lowest BCUT2D eigenvalue weighted by atomic mass is 10.1. The van der Waals surface area contributed by atoms with Crippen LogP contribution in [-0.4, -0.2) is 40.3 Å². The third-order valence-corrected chi connectivity index (χ3v) is 2.25. The zero-order valence-electron chi connectivity index (χ0n) is 9.64. The Balaban J connectivity index is 4.24. The third-order valence-electron chi connectivity index (χ3n) is 2.25. The number of aliphatic hydroxyl groups is 1. The minimum atomic E-state index is -1.31. The van der Waals surface area contributed by atoms with Gasteiger partial charge in [0.1, 0.15) is 0 Å². The fourth-order valence-corrected chi connectivity index (χ4v) is 1.20. The van der Waals surface area contributed by atoms with E-state index in [0.29, 0.717) is 6.42 Å². The number of carboxylic acids is 1. The van der Waals surface area contributed by atoms with Crippen LogP contribution in [0.2, 0.25) is 0 Å². The standard InChI is InChI=1S/C10H20N2O4/c1-3-4-5-7(11)9(14)12-8(6(2)13)10(15)16/h6-8,13H,3-5,11H2,1-2H3,(H,12,14)(H,15,16)/t6-,7?,8+/m1/s1. The van der Waals surface area contributed by atoms with E-state index >= 15 is 0 Å². The highest BCUT2D eigenvalue weighted by Gasteiger charge is 2.26. The first-order chi connectivity index (χ1) is 7.40. The molecule has 0 aromatic heterocycles. The lowest BCUT2D eigenvalue weighted by Crippen LogP contribution is -2.52. The molecule has 6 nitrogen and oxygen atoms in total. The second kappa shape index (κ2) is 7.19. The van der Waals surface area contributed by atoms with Gasteiger partial charge in [0.15, 0.2) is 6.04 Å². The molecule has 5 N–H and O–H groups in total. The Morgan fingerprint density at radius 2 is 2.00 bits per heavy atom. The van der Waals surface area contributed by atoms with Gasteiger partial charge in [0.2, 0.25) is 5.91 Å². The minimum absolute atomic E-state index is 0.508. The van der Waals surface area contributed by atoms with Crippen LogP contribution >= 0.6 is 0 Å². The Kier molecular flexibility index (Phi) is 6.67. The SMILES string of the molecule is CCCCC(N)C(=O)N[C@H](C(=O)O)[C@@H](C)O. The molecule has 0 radical (unpaired) electrons. The fraction of sp³-hybridized carbons (Fsp3) is 0.800. The van der Waals surface area contributed by atoms with Crippen molar-refractivity contribution in [1.29, 1.82) is 0 Å². The largest absolute Gasteiger partial charge is 0.480 e. The summed E-state index contributed by atoms with van der Waals surface area (Å²) in [5, 5.41) is 20.1. The van der Waals surface area contributed by atoms with Crippen LogP contribution in [0.25, 0.3) is 0 Å². The number of nitrogens with two attached hydrogens (primary N) is 1. The van der Waals surface area contributed by atoms with Crippen molar-refractivity contribution in [3.05, 3.63) is 0 Å². The molecule has 6 heteroatoms. The molecule has 1 amide bonds. The van der Waals surface area contributed by atoms with Crippen LogP contribution in [0.15, 0.2) is 0 Å². The average molecular weight is 232 g/mol. The van der Waals surface area contributed by atoms with Gasteiger partial charge >= 0.3 is 5.97 Å². The van der Waals surface area contributed by atoms with Crippen molar-refractivity contribution in [2.24, 2.45) is 5.73 Å². The molecule has 0 aromatic carbocycles. The van der Waals surface area contributed by atoms with Crippen molar-refractivity contribution >= 4 is 11.9 Å². The van der Waals surface area contributed by atoms with E-state index in [2.05, 4.69) is 5.32 Å². The second-order valence-corrected chi connectivity index (χ2v) is 3.81. The van der Waals surface area contributed by atoms with Crippen LogP contribution in [0.1, 0.15) is 33.1 Å². The summed E-state index contributed by atoms with van der Waals surface area (Å²) in [6, 6.07) is -2.03. The van der Waals surface area contributed by atoms with E-state index in [-0.39, 0.29) is 0 Å². The molecule has 0 aromatic rings. The fourth-order valence-electron chi connectivity index (χ4n) is 1.20. The molecular weight excluding hydrogens is 212 g/mol. The Morgan fingerprint density at radius 3 is 2.38 bits per heavy atom. The van der Waals surface area contributed by atoms with Gasteiger partial charge in [0.05, 0.1) is 12.1 Å². The van der Waals surface area contributed by atoms with Gasteiger partial charge in [0, 0.05) is 0 Å². The van der Waals surface area contributed by atoms with Crippen LogP contribution in [-0.2, 0) is 9.59 Å². The summed E-state index contributed by atoms with van der Waals surface area (Å²) in [6.07, 6.45) is 1.08. The maximum Gasteiger partial charge on any atom is 0.328 e. The number of carbonyl (C=O) groups is 2. The van der Waals surface area contributed by atoms with E-state index in [4.69, 9.17) is 15.9 Å². The molecule has 0 saturated carbocycles. The number of unbranched alkanes of at least 4 members (excludes halogenated alkanes) is 1. The van der Waals surface area contributed by atoms with Crippen LogP contribution in [0, 0.1) is 0 Å². The Hall–Kier alpha value is -1.14. The molecule has 0 rings (SSSR count). The van der Waals surface area contributed by atoms with Gasteiger partial charge in [-0.2, -0.15) is 0 Å². The van der Waals surface area contributed by atoms with Crippen molar-refractivity contribution in [2.75, 3.05) is 0 Å². The summed E-state index contributed by atoms with van der Waals surface area (Å²) in [5.41, 5.74) is 5.57. The van der Waals surface area contributed by atoms with E-state index in [1.54, 1.807) is 0 Å². The van der Waals surface area contributed by atoms with E-state index < -0.39 is 30.1 Å². The Bertz CT molecular complexity index is 243. The maximum atomic E-state index is 11.5. The van der Waals surface area contributed by atoms with Gasteiger partial charge in [-0.1, -0.05) is 19.8 Å². The van der Waals surface area contributed by atoms with Gasteiger partial charge in [-0.05, 0) is 13.3 Å². The predicted molar refractivity (Wildman–Crippen MR) is 58.7 cm³/mol. The average Bonchev–Trinajstić information content (AvgIpc) is 2.20. The van der Waals surface area contributed by atoms with Gasteiger partial charge < -0.3 is 21.3 Å². The first-order valence-corrected chi connectivity index (χ1v) is 5.37. The first kappa shape index (κ1) is 14.9. The van der Waals surface area contributed by atoms with Crippen LogP contribution in [0.3, 0.4) is 0 Å². The molecule has 0 aliphatic rings. The van der Waals surface area contributed by atoms with Gasteiger partial charge in [-0.3, -0.25) is 4.79 Å². The number of amides is 1. The lowest BCUT2D eigenvalue weighted by molar-refractivity contribution is -0.145. The molecule has 0 aliphatic heterocycles. The smallest absolute Gasteiger partial charge is 0.328 e. The van der Waals surface area contributed by atoms with Crippen molar-refractivity contribution in [3.8, 4) is 0 Å². The van der Waals surface area contributed by atoms with Gasteiger partial charge in [-0.15, -0.1) is 0 Å². The number of aliphatic carboxylic acids is 1. The van der Waals surface area contributed by atoms with Gasteiger partial charge in [0.25, 0.3) is 0 Å². The molecule has 0 spiro atoms. The molecule has 3 atom stereocenters. The van der Waals surface area contributed by atoms with Crippen molar-refractivity contribution in [1.82, 2.24) is 5.32 Å². The number of rotatable bonds is 7. The quantitative estimate of drug-likeness (QED) is 0.470. The predicted octanol–water partition coefficient (Wildman–Crippen LogP) is -0.546. The Labute approximate surface area is 94.8 Å². The summed E-state index contributed by atoms with van der Waals surface area (Å²) >= 11 is 0. The van der Waals surface area contributed by atoms with E-state index in [9.17, 15) is 9.59 Å². The molecule has 0 fully saturated rings. The number of hydrogen-bond donors (Lipinski definition) is 4. The molecule has 0 aliphatic carbocycles. The molecule has 0 saturated heterocycles. The number of nitrogens with one attached hydrogen (secondary N) is 1. The first-order valence-electron chi connectivity index (χ1n) is 5.37. The van der Waals surface area contributed by atoms with Gasteiger partial charge in [-0.25, -0.2) is 4.79 Å². The van der Waals surface area contributed by atoms with E-state index in [1.807, 2.05) is 6.92 Å². The van der Waals surface area contributed by atoms with Crippen LogP contribution < -0.4 is 11.1 Å². The molecule has 16 heavy (non-hydrogen) atoms. The zero-order valence-corrected chi connectivity index (χ0v) is 9.64. The summed E-state index contributed by atoms with van der Waals surface area (Å²) < 4.78 is 0. The third kappa shape index (κ3) is 5.09. The number of aliphatic hydroxyl groups excluding tert-OH is 1. The summed E-state index contributed by atoms with van der Waals surface area (Å²) in [5.74, 6) is -1.81. The molecule has 1 unspecified atom stereocenters. The number of hydrogen-bond acceptors (Lipinski definition) is 4. The highest BCUT2D eigenvalue weighted by atomic mass is 16.4. The highest BCUT2D eigenvalue weighted by molar-refractivity contribution is 5.87. The normalized spacial score (nSPS) is 16.2. The molecule has 0 bridgehead atoms. The van der Waals surface area contributed by atoms with E-state index in [0.717, 1.165) is 12.8 Å².